The predicted molar refractivity (Wildman–Crippen MR) is 129 cm³/mol. The number of fused-ring (bicyclic) bond motifs is 2. The van der Waals surface area contributed by atoms with E-state index in [0.717, 1.165) is 58.3 Å². The summed E-state index contributed by atoms with van der Waals surface area (Å²) in [6, 6.07) is 19.4. The van der Waals surface area contributed by atoms with Crippen LogP contribution in [0.3, 0.4) is 0 Å². The van der Waals surface area contributed by atoms with E-state index in [0.29, 0.717) is 5.15 Å². The number of rotatable bonds is 7. The molecule has 5 rings (SSSR count). The van der Waals surface area contributed by atoms with Crippen LogP contribution in [0.15, 0.2) is 66.9 Å². The average Bonchev–Trinajstić information content (AvgIpc) is 3.33. The summed E-state index contributed by atoms with van der Waals surface area (Å²) < 4.78 is 8.21. The first-order chi connectivity index (χ1) is 15.6. The van der Waals surface area contributed by atoms with Gasteiger partial charge in [-0.1, -0.05) is 29.8 Å². The molecule has 0 aliphatic carbocycles. The molecule has 0 bridgehead atoms. The van der Waals surface area contributed by atoms with Crippen molar-refractivity contribution in [3.8, 4) is 11.5 Å². The monoisotopic (exact) mass is 446 g/mol. The van der Waals surface area contributed by atoms with Crippen molar-refractivity contribution in [1.82, 2.24) is 24.4 Å². The fourth-order valence-corrected chi connectivity index (χ4v) is 3.75. The first kappa shape index (κ1) is 20.4. The second kappa shape index (κ2) is 8.53. The van der Waals surface area contributed by atoms with Gasteiger partial charge in [0.05, 0.1) is 22.2 Å². The number of likely N-dealkylation sites (N-methyl/N-ethyl adjacent to an activating group) is 1. The fraction of sp³-hybridized carbons (Fsp3) is 0.167. The Morgan fingerprint density at radius 2 is 1.88 bits per heavy atom. The Morgan fingerprint density at radius 3 is 2.69 bits per heavy atom. The molecule has 7 nitrogen and oxygen atoms in total. The number of ether oxygens (including phenoxy) is 1. The third-order valence-corrected chi connectivity index (χ3v) is 5.41. The number of halogens is 1. The van der Waals surface area contributed by atoms with Crippen molar-refractivity contribution in [2.24, 2.45) is 0 Å². The van der Waals surface area contributed by atoms with Gasteiger partial charge in [0.25, 0.3) is 0 Å². The van der Waals surface area contributed by atoms with Gasteiger partial charge in [-0.15, -0.1) is 0 Å². The lowest BCUT2D eigenvalue weighted by atomic mass is 10.3. The maximum absolute atomic E-state index is 6.12. The molecule has 8 heteroatoms. The Morgan fingerprint density at radius 1 is 1.03 bits per heavy atom. The smallest absolute Gasteiger partial charge is 0.208 e. The molecule has 0 atom stereocenters. The summed E-state index contributed by atoms with van der Waals surface area (Å²) in [5.41, 5.74) is 4.39. The van der Waals surface area contributed by atoms with Gasteiger partial charge in [0.15, 0.2) is 0 Å². The number of H-pyrrole nitrogens is 1. The molecule has 0 fully saturated rings. The number of anilines is 2. The van der Waals surface area contributed by atoms with Crippen LogP contribution in [0, 0.1) is 0 Å². The average molecular weight is 447 g/mol. The fourth-order valence-electron chi connectivity index (χ4n) is 3.60. The van der Waals surface area contributed by atoms with E-state index in [1.807, 2.05) is 60.8 Å². The van der Waals surface area contributed by atoms with Gasteiger partial charge in [0, 0.05) is 25.4 Å². The summed E-state index contributed by atoms with van der Waals surface area (Å²) in [6.45, 7) is 1.62. The van der Waals surface area contributed by atoms with Crippen molar-refractivity contribution in [2.75, 3.05) is 26.0 Å². The topological polar surface area (TPSA) is 71.0 Å². The van der Waals surface area contributed by atoms with Crippen molar-refractivity contribution in [1.29, 1.82) is 0 Å². The van der Waals surface area contributed by atoms with E-state index < -0.39 is 0 Å². The Bertz CT molecular complexity index is 1380. The molecule has 2 N–H and O–H groups in total. The van der Waals surface area contributed by atoms with E-state index in [1.54, 1.807) is 6.07 Å². The quantitative estimate of drug-likeness (QED) is 0.315. The predicted octanol–water partition coefficient (Wildman–Crippen LogP) is 5.66. The van der Waals surface area contributed by atoms with Gasteiger partial charge in [0.2, 0.25) is 5.95 Å². The number of benzene rings is 2. The largest absolute Gasteiger partial charge is 0.457 e. The molecular formula is C24H23ClN6O. The first-order valence-corrected chi connectivity index (χ1v) is 10.7. The number of para-hydroxylation sites is 1. The lowest BCUT2D eigenvalue weighted by Crippen LogP contribution is -2.19. The van der Waals surface area contributed by atoms with Crippen LogP contribution in [-0.4, -0.2) is 45.1 Å². The molecule has 5 aromatic rings. The van der Waals surface area contributed by atoms with Crippen LogP contribution in [0.4, 0.5) is 11.6 Å². The zero-order chi connectivity index (χ0) is 22.1. The lowest BCUT2D eigenvalue weighted by Gasteiger charge is -2.14. The molecular weight excluding hydrogens is 424 g/mol. The third kappa shape index (κ3) is 4.12. The highest BCUT2D eigenvalue weighted by Crippen LogP contribution is 2.31. The molecule has 3 heterocycles. The van der Waals surface area contributed by atoms with E-state index in [9.17, 15) is 0 Å². The number of nitrogens with zero attached hydrogens (tertiary/aromatic N) is 4. The minimum Gasteiger partial charge on any atom is -0.457 e. The summed E-state index contributed by atoms with van der Waals surface area (Å²) in [5.74, 6) is 2.30. The molecule has 0 saturated heterocycles. The molecule has 3 aromatic heterocycles. The van der Waals surface area contributed by atoms with Gasteiger partial charge in [-0.2, -0.15) is 0 Å². The molecule has 32 heavy (non-hydrogen) atoms. The highest BCUT2D eigenvalue weighted by Gasteiger charge is 2.15. The highest BCUT2D eigenvalue weighted by atomic mass is 35.5. The SMILES string of the molecule is CN(C)CCn1c(Nc2c[nH]c3ccc(Cl)nc23)nc2ccc(Oc3ccccc3)cc21. The number of aromatic nitrogens is 4. The van der Waals surface area contributed by atoms with Crippen LogP contribution in [0.2, 0.25) is 5.15 Å². The molecule has 0 spiro atoms. The number of hydrogen-bond donors (Lipinski definition) is 2. The Balaban J connectivity index is 1.54. The Kier molecular flexibility index (Phi) is 5.43. The van der Waals surface area contributed by atoms with E-state index in [4.69, 9.17) is 21.3 Å². The van der Waals surface area contributed by atoms with Crippen LogP contribution in [0.25, 0.3) is 22.1 Å². The van der Waals surface area contributed by atoms with Gasteiger partial charge in [-0.05, 0) is 50.5 Å². The van der Waals surface area contributed by atoms with E-state index in [-0.39, 0.29) is 0 Å². The van der Waals surface area contributed by atoms with Crippen LogP contribution in [-0.2, 0) is 6.54 Å². The summed E-state index contributed by atoms with van der Waals surface area (Å²) in [4.78, 5) is 14.7. The van der Waals surface area contributed by atoms with Crippen LogP contribution >= 0.6 is 11.6 Å². The second-order valence-corrected chi connectivity index (χ2v) is 8.20. The van der Waals surface area contributed by atoms with E-state index in [2.05, 4.69) is 38.8 Å². The van der Waals surface area contributed by atoms with E-state index >= 15 is 0 Å². The lowest BCUT2D eigenvalue weighted by molar-refractivity contribution is 0.387. The van der Waals surface area contributed by atoms with Crippen LogP contribution < -0.4 is 10.1 Å². The third-order valence-electron chi connectivity index (χ3n) is 5.20. The van der Waals surface area contributed by atoms with Crippen molar-refractivity contribution in [2.45, 2.75) is 6.54 Å². The highest BCUT2D eigenvalue weighted by molar-refractivity contribution is 6.29. The van der Waals surface area contributed by atoms with Gasteiger partial charge in [-0.25, -0.2) is 9.97 Å². The maximum atomic E-state index is 6.12. The molecule has 0 unspecified atom stereocenters. The molecule has 162 valence electrons. The Labute approximate surface area is 190 Å². The molecule has 2 aromatic carbocycles. The number of imidazole rings is 1. The minimum absolute atomic E-state index is 0.448. The van der Waals surface area contributed by atoms with Crippen molar-refractivity contribution in [3.05, 3.63) is 72.0 Å². The summed E-state index contributed by atoms with van der Waals surface area (Å²) in [7, 11) is 4.11. The summed E-state index contributed by atoms with van der Waals surface area (Å²) >= 11 is 6.12. The zero-order valence-electron chi connectivity index (χ0n) is 17.8. The van der Waals surface area contributed by atoms with Gasteiger partial charge in [0.1, 0.15) is 22.2 Å². The normalized spacial score (nSPS) is 11.5. The molecule has 0 radical (unpaired) electrons. The van der Waals surface area contributed by atoms with Gasteiger partial charge >= 0.3 is 0 Å². The van der Waals surface area contributed by atoms with Crippen molar-refractivity contribution in [3.63, 3.8) is 0 Å². The van der Waals surface area contributed by atoms with Crippen LogP contribution in [0.1, 0.15) is 0 Å². The molecule has 0 saturated carbocycles. The summed E-state index contributed by atoms with van der Waals surface area (Å²) in [6.07, 6.45) is 1.88. The number of aromatic amines is 1. The first-order valence-electron chi connectivity index (χ1n) is 10.4. The second-order valence-electron chi connectivity index (χ2n) is 7.81. The standard InChI is InChI=1S/C24H23ClN6O/c1-30(2)12-13-31-21-14-17(32-16-6-4-3-5-7-16)8-9-18(21)27-24(31)28-20-15-26-19-10-11-22(25)29-23(19)20/h3-11,14-15,26H,12-13H2,1-2H3,(H,27,28). The minimum atomic E-state index is 0.448. The zero-order valence-corrected chi connectivity index (χ0v) is 18.6. The van der Waals surface area contributed by atoms with Crippen LogP contribution in [0.5, 0.6) is 11.5 Å². The van der Waals surface area contributed by atoms with E-state index in [1.165, 1.54) is 0 Å². The van der Waals surface area contributed by atoms with Gasteiger partial charge in [-0.3, -0.25) is 0 Å². The van der Waals surface area contributed by atoms with Crippen molar-refractivity contribution >= 4 is 45.3 Å². The molecule has 0 aliphatic heterocycles. The number of hydrogen-bond acceptors (Lipinski definition) is 5. The maximum Gasteiger partial charge on any atom is 0.208 e. The van der Waals surface area contributed by atoms with Crippen molar-refractivity contribution < 1.29 is 4.74 Å². The summed E-state index contributed by atoms with van der Waals surface area (Å²) in [5, 5.41) is 3.89. The number of nitrogens with one attached hydrogen (secondary N) is 2. The number of pyridine rings is 1. The Hall–Kier alpha value is -3.55. The molecule has 0 aliphatic rings. The molecule has 0 amide bonds. The van der Waals surface area contributed by atoms with Gasteiger partial charge < -0.3 is 24.5 Å².